The summed E-state index contributed by atoms with van der Waals surface area (Å²) >= 11 is 1.39. The minimum Gasteiger partial charge on any atom is -0.465 e. The number of furan rings is 1. The van der Waals surface area contributed by atoms with Gasteiger partial charge in [0.05, 0.1) is 19.9 Å². The highest BCUT2D eigenvalue weighted by molar-refractivity contribution is 7.08. The van der Waals surface area contributed by atoms with Crippen LogP contribution in [-0.2, 0) is 16.0 Å². The van der Waals surface area contributed by atoms with Crippen molar-refractivity contribution in [1.29, 1.82) is 0 Å². The van der Waals surface area contributed by atoms with Crippen molar-refractivity contribution in [3.05, 3.63) is 93.6 Å². The Morgan fingerprint density at radius 1 is 1.06 bits per heavy atom. The number of aromatic nitrogens is 1. The molecule has 178 valence electrons. The fourth-order valence-electron chi connectivity index (χ4n) is 4.44. The van der Waals surface area contributed by atoms with E-state index in [2.05, 4.69) is 4.98 Å². The molecule has 0 saturated heterocycles. The van der Waals surface area contributed by atoms with Crippen molar-refractivity contribution in [2.45, 2.75) is 18.7 Å². The molecule has 9 heteroatoms. The average Bonchev–Trinajstić information content (AvgIpc) is 3.52. The summed E-state index contributed by atoms with van der Waals surface area (Å²) < 4.78 is 16.0. The first-order chi connectivity index (χ1) is 17.0. The van der Waals surface area contributed by atoms with E-state index in [1.54, 1.807) is 12.3 Å². The Morgan fingerprint density at radius 2 is 1.80 bits per heavy atom. The zero-order valence-electron chi connectivity index (χ0n) is 19.0. The molecule has 0 saturated carbocycles. The number of esters is 2. The number of nitrogens with zero attached hydrogens (tertiary/aromatic N) is 2. The number of carbonyl (C=O) groups excluding carboxylic acids is 2. The van der Waals surface area contributed by atoms with Crippen molar-refractivity contribution >= 4 is 29.0 Å². The van der Waals surface area contributed by atoms with Gasteiger partial charge < -0.3 is 23.9 Å². The van der Waals surface area contributed by atoms with Crippen LogP contribution < -0.4 is 4.90 Å². The standard InChI is InChI=1S/C26H22N2O6S/c1-32-25(30)19-21-23(34-24(19)26(31)33-2)17-14-35-13-16(17)22(29)20(18-10-6-7-11-27-18)28(21)12-15-8-4-3-5-9-15/h3-11,13-14,20,22,29H,12H2,1-2H3/t20-,22-/m0/s1. The van der Waals surface area contributed by atoms with Gasteiger partial charge in [0, 0.05) is 29.2 Å². The SMILES string of the molecule is COC(=O)c1oc2c(c1C(=O)OC)N(Cc1ccccc1)[C@@H](c1ccccn1)[C@@H](O)c1cscc1-2. The molecule has 0 amide bonds. The highest BCUT2D eigenvalue weighted by Crippen LogP contribution is 2.52. The number of methoxy groups -OCH3 is 2. The predicted molar refractivity (Wildman–Crippen MR) is 129 cm³/mol. The molecule has 2 atom stereocenters. The third-order valence-electron chi connectivity index (χ3n) is 6.01. The summed E-state index contributed by atoms with van der Waals surface area (Å²) in [6.45, 7) is 0.296. The van der Waals surface area contributed by atoms with Crippen molar-refractivity contribution in [1.82, 2.24) is 4.98 Å². The van der Waals surface area contributed by atoms with E-state index in [1.807, 2.05) is 58.1 Å². The second kappa shape index (κ2) is 9.36. The summed E-state index contributed by atoms with van der Waals surface area (Å²) in [5.74, 6) is -1.52. The molecule has 4 heterocycles. The number of rotatable bonds is 5. The van der Waals surface area contributed by atoms with Crippen LogP contribution in [0.2, 0.25) is 0 Å². The predicted octanol–water partition coefficient (Wildman–Crippen LogP) is 4.77. The van der Waals surface area contributed by atoms with Gasteiger partial charge in [0.15, 0.2) is 5.76 Å². The molecule has 0 fully saturated rings. The number of hydrogen-bond donors (Lipinski definition) is 1. The van der Waals surface area contributed by atoms with Crippen LogP contribution in [0.5, 0.6) is 0 Å². The van der Waals surface area contributed by atoms with E-state index >= 15 is 0 Å². The molecular weight excluding hydrogens is 468 g/mol. The monoisotopic (exact) mass is 490 g/mol. The van der Waals surface area contributed by atoms with Crippen molar-refractivity contribution in [2.24, 2.45) is 0 Å². The van der Waals surface area contributed by atoms with Crippen LogP contribution >= 0.6 is 11.3 Å². The fraction of sp³-hybridized carbons (Fsp3) is 0.192. The summed E-state index contributed by atoms with van der Waals surface area (Å²) in [4.78, 5) is 32.2. The Balaban J connectivity index is 1.85. The lowest BCUT2D eigenvalue weighted by atomic mass is 9.98. The Hall–Kier alpha value is -3.95. The minimum absolute atomic E-state index is 0.0579. The summed E-state index contributed by atoms with van der Waals surface area (Å²) in [5.41, 5.74) is 3.01. The molecule has 0 unspecified atom stereocenters. The molecule has 1 aromatic carbocycles. The van der Waals surface area contributed by atoms with Crippen LogP contribution in [0.15, 0.2) is 69.9 Å². The number of carbonyl (C=O) groups is 2. The van der Waals surface area contributed by atoms with Crippen LogP contribution in [0.4, 0.5) is 5.69 Å². The lowest BCUT2D eigenvalue weighted by Gasteiger charge is -2.35. The van der Waals surface area contributed by atoms with Crippen molar-refractivity contribution in [3.63, 3.8) is 0 Å². The van der Waals surface area contributed by atoms with Gasteiger partial charge in [-0.2, -0.15) is 11.3 Å². The minimum atomic E-state index is -0.996. The Bertz CT molecular complexity index is 1370. The van der Waals surface area contributed by atoms with E-state index in [1.165, 1.54) is 25.6 Å². The molecule has 1 aliphatic heterocycles. The van der Waals surface area contributed by atoms with Gasteiger partial charge in [0.25, 0.3) is 0 Å². The number of benzene rings is 1. The first-order valence-corrected chi connectivity index (χ1v) is 11.8. The Kier molecular flexibility index (Phi) is 6.10. The summed E-state index contributed by atoms with van der Waals surface area (Å²) in [6, 6.07) is 14.4. The van der Waals surface area contributed by atoms with Gasteiger partial charge in [-0.05, 0) is 23.1 Å². The van der Waals surface area contributed by atoms with Gasteiger partial charge >= 0.3 is 11.9 Å². The molecule has 1 N–H and O–H groups in total. The molecule has 0 bridgehead atoms. The maximum Gasteiger partial charge on any atom is 0.374 e. The number of ether oxygens (including phenoxy) is 2. The first kappa shape index (κ1) is 22.8. The molecule has 35 heavy (non-hydrogen) atoms. The summed E-state index contributed by atoms with van der Waals surface area (Å²) in [7, 11) is 2.46. The smallest absolute Gasteiger partial charge is 0.374 e. The van der Waals surface area contributed by atoms with Gasteiger partial charge in [0.2, 0.25) is 5.76 Å². The number of aliphatic hydroxyl groups is 1. The third-order valence-corrected chi connectivity index (χ3v) is 6.77. The molecule has 5 rings (SSSR count). The lowest BCUT2D eigenvalue weighted by molar-refractivity contribution is 0.0529. The third kappa shape index (κ3) is 3.88. The maximum atomic E-state index is 13.1. The van der Waals surface area contributed by atoms with Gasteiger partial charge in [0.1, 0.15) is 23.4 Å². The van der Waals surface area contributed by atoms with Crippen LogP contribution in [-0.4, -0.2) is 36.2 Å². The zero-order valence-corrected chi connectivity index (χ0v) is 19.8. The van der Waals surface area contributed by atoms with Crippen LogP contribution in [0.25, 0.3) is 11.3 Å². The number of hydrogen-bond acceptors (Lipinski definition) is 9. The molecular formula is C26H22N2O6S. The van der Waals surface area contributed by atoms with E-state index in [0.29, 0.717) is 29.1 Å². The Labute approximate surface area is 205 Å². The molecule has 3 aromatic heterocycles. The summed E-state index contributed by atoms with van der Waals surface area (Å²) in [5, 5.41) is 15.3. The first-order valence-electron chi connectivity index (χ1n) is 10.8. The Morgan fingerprint density at radius 3 is 2.49 bits per heavy atom. The van der Waals surface area contributed by atoms with Crippen molar-refractivity contribution < 1.29 is 28.6 Å². The van der Waals surface area contributed by atoms with E-state index in [-0.39, 0.29) is 17.1 Å². The highest BCUT2D eigenvalue weighted by Gasteiger charge is 2.43. The molecule has 0 spiro atoms. The molecule has 8 nitrogen and oxygen atoms in total. The molecule has 0 radical (unpaired) electrons. The number of thiophene rings is 1. The normalized spacial score (nSPS) is 16.7. The molecule has 1 aliphatic rings. The second-order valence-electron chi connectivity index (χ2n) is 7.97. The number of anilines is 1. The van der Waals surface area contributed by atoms with Crippen LogP contribution in [0.1, 0.15) is 49.9 Å². The maximum absolute atomic E-state index is 13.1. The second-order valence-corrected chi connectivity index (χ2v) is 8.71. The van der Waals surface area contributed by atoms with Gasteiger partial charge in [-0.15, -0.1) is 0 Å². The lowest BCUT2D eigenvalue weighted by Crippen LogP contribution is -2.33. The fourth-order valence-corrected chi connectivity index (χ4v) is 5.30. The average molecular weight is 491 g/mol. The van der Waals surface area contributed by atoms with E-state index in [0.717, 1.165) is 5.56 Å². The summed E-state index contributed by atoms with van der Waals surface area (Å²) in [6.07, 6.45) is 0.657. The number of fused-ring (bicyclic) bond motifs is 3. The van der Waals surface area contributed by atoms with E-state index in [4.69, 9.17) is 13.9 Å². The molecule has 4 aromatic rings. The van der Waals surface area contributed by atoms with Crippen LogP contribution in [0, 0.1) is 0 Å². The van der Waals surface area contributed by atoms with Crippen molar-refractivity contribution in [2.75, 3.05) is 19.1 Å². The van der Waals surface area contributed by atoms with Crippen molar-refractivity contribution in [3.8, 4) is 11.3 Å². The van der Waals surface area contributed by atoms with Crippen LogP contribution in [0.3, 0.4) is 0 Å². The largest absolute Gasteiger partial charge is 0.465 e. The quantitative estimate of drug-likeness (QED) is 0.399. The van der Waals surface area contributed by atoms with E-state index < -0.39 is 24.1 Å². The number of aliphatic hydroxyl groups excluding tert-OH is 1. The molecule has 0 aliphatic carbocycles. The van der Waals surface area contributed by atoms with Gasteiger partial charge in [-0.3, -0.25) is 4.98 Å². The van der Waals surface area contributed by atoms with Gasteiger partial charge in [-0.25, -0.2) is 9.59 Å². The zero-order chi connectivity index (χ0) is 24.5. The topological polar surface area (TPSA) is 102 Å². The van der Waals surface area contributed by atoms with E-state index in [9.17, 15) is 14.7 Å². The highest BCUT2D eigenvalue weighted by atomic mass is 32.1. The van der Waals surface area contributed by atoms with Gasteiger partial charge in [-0.1, -0.05) is 36.4 Å². The number of pyridine rings is 1.